The van der Waals surface area contributed by atoms with Crippen molar-refractivity contribution in [1.29, 1.82) is 0 Å². The fraction of sp³-hybridized carbons (Fsp3) is 0.231. The lowest BCUT2D eigenvalue weighted by Gasteiger charge is -2.33. The molecule has 1 unspecified atom stereocenters. The zero-order chi connectivity index (χ0) is 14.6. The van der Waals surface area contributed by atoms with Crippen molar-refractivity contribution in [2.45, 2.75) is 6.42 Å². The molecular formula is C13H16ClN3OS2. The van der Waals surface area contributed by atoms with Gasteiger partial charge in [-0.15, -0.1) is 0 Å². The summed E-state index contributed by atoms with van der Waals surface area (Å²) in [5, 5.41) is 2.20. The second kappa shape index (κ2) is 6.47. The summed E-state index contributed by atoms with van der Waals surface area (Å²) in [7, 11) is 0.0661. The lowest BCUT2D eigenvalue weighted by Crippen LogP contribution is -2.35. The van der Waals surface area contributed by atoms with Crippen molar-refractivity contribution in [3.05, 3.63) is 41.4 Å². The van der Waals surface area contributed by atoms with Crippen LogP contribution in [-0.2, 0) is 6.42 Å². The van der Waals surface area contributed by atoms with Crippen LogP contribution in [0.5, 0.6) is 5.75 Å². The van der Waals surface area contributed by atoms with Crippen molar-refractivity contribution in [2.75, 3.05) is 12.9 Å². The number of rotatable bonds is 5. The Labute approximate surface area is 130 Å². The van der Waals surface area contributed by atoms with Crippen LogP contribution in [0.1, 0.15) is 5.56 Å². The number of halogens is 1. The van der Waals surface area contributed by atoms with Crippen LogP contribution in [0.15, 0.2) is 40.9 Å². The van der Waals surface area contributed by atoms with Gasteiger partial charge in [-0.05, 0) is 35.7 Å². The monoisotopic (exact) mass is 329 g/mol. The van der Waals surface area contributed by atoms with E-state index in [-0.39, 0.29) is 5.11 Å². The van der Waals surface area contributed by atoms with E-state index in [0.717, 1.165) is 23.5 Å². The predicted octanol–water partition coefficient (Wildman–Crippen LogP) is 2.87. The number of ether oxygens (including phenoxy) is 1. The number of aryl methyl sites for hydroxylation is 1. The van der Waals surface area contributed by atoms with E-state index in [1.165, 1.54) is 0 Å². The Morgan fingerprint density at radius 1 is 1.50 bits per heavy atom. The van der Waals surface area contributed by atoms with E-state index < -0.39 is 10.2 Å². The number of nitrogens with one attached hydrogen (secondary N) is 1. The first-order valence-corrected chi connectivity index (χ1v) is 8.62. The first kappa shape index (κ1) is 15.2. The molecule has 0 fully saturated rings. The van der Waals surface area contributed by atoms with Crippen LogP contribution in [0.25, 0.3) is 0 Å². The second-order valence-corrected chi connectivity index (χ2v) is 8.07. The van der Waals surface area contributed by atoms with Crippen LogP contribution >= 0.6 is 34.0 Å². The Morgan fingerprint density at radius 3 is 2.85 bits per heavy atom. The molecule has 20 heavy (non-hydrogen) atoms. The SMILES string of the molecule is COc1ccccc1CCS1(NC(N)=S)C=CN=C1Cl. The third kappa shape index (κ3) is 3.26. The van der Waals surface area contributed by atoms with Crippen LogP contribution in [-0.4, -0.2) is 22.5 Å². The van der Waals surface area contributed by atoms with E-state index in [4.69, 9.17) is 34.3 Å². The van der Waals surface area contributed by atoms with Gasteiger partial charge in [0, 0.05) is 12.0 Å². The largest absolute Gasteiger partial charge is 0.496 e. The molecule has 2 rings (SSSR count). The standard InChI is InChI=1S/C13H16ClN3OS2/c1-18-11-5-3-2-4-10(11)6-8-20(17-13(15)19)9-7-16-12(20)14/h2-5,7,9H,6,8H2,1H3,(H3,15,17,19). The molecule has 1 aliphatic heterocycles. The van der Waals surface area contributed by atoms with Gasteiger partial charge in [0.1, 0.15) is 5.75 Å². The molecule has 1 aliphatic rings. The third-order valence-electron chi connectivity index (χ3n) is 2.94. The van der Waals surface area contributed by atoms with Gasteiger partial charge in [-0.1, -0.05) is 40.0 Å². The molecule has 1 heterocycles. The molecule has 0 saturated carbocycles. The van der Waals surface area contributed by atoms with E-state index in [2.05, 4.69) is 9.71 Å². The van der Waals surface area contributed by atoms with Gasteiger partial charge in [-0.3, -0.25) is 0 Å². The lowest BCUT2D eigenvalue weighted by molar-refractivity contribution is 0.410. The number of aliphatic imine (C=N–C) groups is 1. The minimum Gasteiger partial charge on any atom is -0.496 e. The molecule has 0 spiro atoms. The summed E-state index contributed by atoms with van der Waals surface area (Å²) < 4.78 is 9.00. The smallest absolute Gasteiger partial charge is 0.173 e. The number of thiocarbonyl (C=S) groups is 1. The van der Waals surface area contributed by atoms with Gasteiger partial charge in [0.25, 0.3) is 0 Å². The molecule has 1 atom stereocenters. The van der Waals surface area contributed by atoms with Crippen LogP contribution in [0, 0.1) is 0 Å². The maximum absolute atomic E-state index is 6.23. The van der Waals surface area contributed by atoms with E-state index in [0.29, 0.717) is 4.50 Å². The number of hydrogen-bond donors (Lipinski definition) is 2. The van der Waals surface area contributed by atoms with E-state index in [9.17, 15) is 0 Å². The summed E-state index contributed by atoms with van der Waals surface area (Å²) >= 11 is 11.2. The van der Waals surface area contributed by atoms with Crippen molar-refractivity contribution in [1.82, 2.24) is 4.72 Å². The highest BCUT2D eigenvalue weighted by molar-refractivity contribution is 8.48. The van der Waals surface area contributed by atoms with Gasteiger partial charge in [0.05, 0.1) is 7.11 Å². The van der Waals surface area contributed by atoms with Gasteiger partial charge in [-0.25, -0.2) is 4.99 Å². The molecule has 108 valence electrons. The number of para-hydroxylation sites is 1. The summed E-state index contributed by atoms with van der Waals surface area (Å²) in [6.45, 7) is 0. The number of nitrogens with two attached hydrogens (primary N) is 1. The minimum absolute atomic E-state index is 0.236. The molecule has 0 bridgehead atoms. The van der Waals surface area contributed by atoms with Crippen LogP contribution in [0.3, 0.4) is 0 Å². The van der Waals surface area contributed by atoms with Crippen LogP contribution in [0.2, 0.25) is 0 Å². The Morgan fingerprint density at radius 2 is 2.25 bits per heavy atom. The summed E-state index contributed by atoms with van der Waals surface area (Å²) in [6.07, 6.45) is 2.50. The van der Waals surface area contributed by atoms with Gasteiger partial charge in [0.15, 0.2) is 9.62 Å². The number of nitrogens with zero attached hydrogens (tertiary/aromatic N) is 1. The first-order valence-electron chi connectivity index (χ1n) is 5.97. The van der Waals surface area contributed by atoms with Crippen molar-refractivity contribution in [3.8, 4) is 5.75 Å². The summed E-state index contributed by atoms with van der Waals surface area (Å²) in [4.78, 5) is 4.13. The summed E-state index contributed by atoms with van der Waals surface area (Å²) in [5.41, 5.74) is 6.74. The Kier molecular flexibility index (Phi) is 4.91. The quantitative estimate of drug-likeness (QED) is 0.815. The number of benzene rings is 1. The Bertz CT molecular complexity index is 576. The van der Waals surface area contributed by atoms with Gasteiger partial charge in [-0.2, -0.15) is 0 Å². The predicted molar refractivity (Wildman–Crippen MR) is 91.5 cm³/mol. The first-order chi connectivity index (χ1) is 9.57. The molecule has 1 aromatic rings. The van der Waals surface area contributed by atoms with Crippen molar-refractivity contribution in [3.63, 3.8) is 0 Å². The maximum atomic E-state index is 6.23. The van der Waals surface area contributed by atoms with Gasteiger partial charge < -0.3 is 15.2 Å². The fourth-order valence-electron chi connectivity index (χ4n) is 1.98. The maximum Gasteiger partial charge on any atom is 0.173 e. The molecule has 0 aromatic heterocycles. The average molecular weight is 330 g/mol. The highest BCUT2D eigenvalue weighted by Gasteiger charge is 2.29. The van der Waals surface area contributed by atoms with Crippen molar-refractivity contribution in [2.24, 2.45) is 10.7 Å². The zero-order valence-electron chi connectivity index (χ0n) is 11.0. The van der Waals surface area contributed by atoms with Crippen molar-refractivity contribution < 1.29 is 4.74 Å². The molecule has 0 saturated heterocycles. The van der Waals surface area contributed by atoms with E-state index in [1.54, 1.807) is 13.3 Å². The summed E-state index contributed by atoms with van der Waals surface area (Å²) in [5.74, 6) is 1.64. The molecular weight excluding hydrogens is 314 g/mol. The molecule has 0 aliphatic carbocycles. The molecule has 0 radical (unpaired) electrons. The zero-order valence-corrected chi connectivity index (χ0v) is 13.4. The second-order valence-electron chi connectivity index (χ2n) is 4.19. The van der Waals surface area contributed by atoms with Crippen LogP contribution < -0.4 is 15.2 Å². The Hall–Kier alpha value is -1.24. The molecule has 7 heteroatoms. The fourth-order valence-corrected chi connectivity index (χ4v) is 5.08. The Balaban J connectivity index is 2.16. The van der Waals surface area contributed by atoms with Gasteiger partial charge in [0.2, 0.25) is 0 Å². The molecule has 4 nitrogen and oxygen atoms in total. The van der Waals surface area contributed by atoms with E-state index in [1.807, 2.05) is 29.7 Å². The van der Waals surface area contributed by atoms with Gasteiger partial charge >= 0.3 is 0 Å². The van der Waals surface area contributed by atoms with Crippen LogP contribution in [0.4, 0.5) is 0 Å². The lowest BCUT2D eigenvalue weighted by atomic mass is 10.1. The average Bonchev–Trinajstić information content (AvgIpc) is 2.77. The highest BCUT2D eigenvalue weighted by atomic mass is 35.5. The third-order valence-corrected chi connectivity index (χ3v) is 6.82. The number of methoxy groups -OCH3 is 1. The molecule has 1 aromatic carbocycles. The molecule has 3 N–H and O–H groups in total. The summed E-state index contributed by atoms with van der Waals surface area (Å²) in [6, 6.07) is 7.91. The van der Waals surface area contributed by atoms with E-state index >= 15 is 0 Å². The highest BCUT2D eigenvalue weighted by Crippen LogP contribution is 2.52. The van der Waals surface area contributed by atoms with Crippen molar-refractivity contribution >= 4 is 43.6 Å². The topological polar surface area (TPSA) is 59.6 Å². The number of hydrogen-bond acceptors (Lipinski definition) is 3. The normalized spacial score (nSPS) is 23.8. The minimum atomic E-state index is -1.60. The molecule has 0 amide bonds.